The van der Waals surface area contributed by atoms with E-state index in [9.17, 15) is 14.7 Å². The molecule has 0 radical (unpaired) electrons. The summed E-state index contributed by atoms with van der Waals surface area (Å²) in [6.07, 6.45) is 3.41. The number of hydrogen-bond acceptors (Lipinski definition) is 6. The minimum atomic E-state index is -0.821. The summed E-state index contributed by atoms with van der Waals surface area (Å²) in [6, 6.07) is 26.6. The molecule has 4 aromatic rings. The van der Waals surface area contributed by atoms with Gasteiger partial charge in [0.2, 0.25) is 0 Å². The lowest BCUT2D eigenvalue weighted by Gasteiger charge is -2.24. The highest BCUT2D eigenvalue weighted by molar-refractivity contribution is 6.46. The molecule has 2 heterocycles. The standard InChI is InChI=1S/C33H31NO6/c1-2-3-18-38-27-12-7-11-25(20-27)31(35)29-30(34(33(37)32(29)36)21-28-13-8-19-39-28)24-14-16-26(17-15-24)40-22-23-9-5-4-6-10-23/h4-17,19-20,30,35H,2-3,18,21-22H2,1H3/b31-29+. The number of aliphatic hydroxyl groups is 1. The third-order valence-electron chi connectivity index (χ3n) is 6.76. The Kier molecular flexibility index (Phi) is 8.30. The molecular weight excluding hydrogens is 506 g/mol. The molecule has 3 aromatic carbocycles. The van der Waals surface area contributed by atoms with Crippen LogP contribution in [0.15, 0.2) is 107 Å². The van der Waals surface area contributed by atoms with Gasteiger partial charge in [0.15, 0.2) is 0 Å². The Bertz CT molecular complexity index is 1480. The smallest absolute Gasteiger partial charge is 0.296 e. The van der Waals surface area contributed by atoms with Crippen LogP contribution in [0.5, 0.6) is 11.5 Å². The molecule has 1 amide bonds. The Labute approximate surface area is 233 Å². The zero-order valence-corrected chi connectivity index (χ0v) is 22.3. The maximum atomic E-state index is 13.4. The van der Waals surface area contributed by atoms with Gasteiger partial charge >= 0.3 is 0 Å². The van der Waals surface area contributed by atoms with Crippen molar-refractivity contribution in [2.75, 3.05) is 6.61 Å². The highest BCUT2D eigenvalue weighted by Crippen LogP contribution is 2.41. The van der Waals surface area contributed by atoms with Gasteiger partial charge in [0.25, 0.3) is 11.7 Å². The molecule has 1 aliphatic rings. The van der Waals surface area contributed by atoms with Gasteiger partial charge in [-0.3, -0.25) is 9.59 Å². The molecule has 1 atom stereocenters. The van der Waals surface area contributed by atoms with Crippen LogP contribution in [0.4, 0.5) is 0 Å². The van der Waals surface area contributed by atoms with E-state index >= 15 is 0 Å². The SMILES string of the molecule is CCCCOc1cccc(/C(O)=C2\C(=O)C(=O)N(Cc3ccco3)C2c2ccc(OCc3ccccc3)cc2)c1. The fourth-order valence-electron chi connectivity index (χ4n) is 4.67. The molecule has 1 saturated heterocycles. The van der Waals surface area contributed by atoms with Gasteiger partial charge < -0.3 is 23.9 Å². The highest BCUT2D eigenvalue weighted by atomic mass is 16.5. The molecule has 7 nitrogen and oxygen atoms in total. The molecule has 1 aromatic heterocycles. The number of aliphatic hydroxyl groups excluding tert-OH is 1. The van der Waals surface area contributed by atoms with Gasteiger partial charge in [0, 0.05) is 5.56 Å². The number of ketones is 1. The zero-order chi connectivity index (χ0) is 27.9. The number of ether oxygens (including phenoxy) is 2. The minimum Gasteiger partial charge on any atom is -0.507 e. The molecule has 0 aliphatic carbocycles. The van der Waals surface area contributed by atoms with Crippen LogP contribution in [0.25, 0.3) is 5.76 Å². The third-order valence-corrected chi connectivity index (χ3v) is 6.76. The molecule has 1 aliphatic heterocycles. The minimum absolute atomic E-state index is 0.0141. The lowest BCUT2D eigenvalue weighted by atomic mass is 9.95. The summed E-state index contributed by atoms with van der Waals surface area (Å²) in [4.78, 5) is 28.1. The van der Waals surface area contributed by atoms with Crippen LogP contribution in [0.3, 0.4) is 0 Å². The van der Waals surface area contributed by atoms with Gasteiger partial charge in [-0.2, -0.15) is 0 Å². The monoisotopic (exact) mass is 537 g/mol. The van der Waals surface area contributed by atoms with Crippen molar-refractivity contribution in [2.45, 2.75) is 39.0 Å². The Balaban J connectivity index is 1.48. The average molecular weight is 538 g/mol. The van der Waals surface area contributed by atoms with Crippen molar-refractivity contribution in [3.8, 4) is 11.5 Å². The van der Waals surface area contributed by atoms with Crippen molar-refractivity contribution >= 4 is 17.4 Å². The Morgan fingerprint density at radius 1 is 0.900 bits per heavy atom. The van der Waals surface area contributed by atoms with Gasteiger partial charge in [0.1, 0.15) is 29.6 Å². The van der Waals surface area contributed by atoms with Crippen LogP contribution >= 0.6 is 0 Å². The predicted octanol–water partition coefficient (Wildman–Crippen LogP) is 6.66. The molecule has 0 bridgehead atoms. The second-order valence-electron chi connectivity index (χ2n) is 9.58. The van der Waals surface area contributed by atoms with Gasteiger partial charge in [0.05, 0.1) is 31.0 Å². The normalized spacial score (nSPS) is 16.3. The summed E-state index contributed by atoms with van der Waals surface area (Å²) in [5.41, 5.74) is 2.12. The number of Topliss-reactive ketones (excluding diaryl/α,β-unsaturated/α-hetero) is 1. The first-order valence-corrected chi connectivity index (χ1v) is 13.4. The fraction of sp³-hybridized carbons (Fsp3) is 0.212. The van der Waals surface area contributed by atoms with Crippen molar-refractivity contribution in [1.29, 1.82) is 0 Å². The third kappa shape index (κ3) is 5.94. The van der Waals surface area contributed by atoms with Crippen LogP contribution < -0.4 is 9.47 Å². The number of unbranched alkanes of at least 4 members (excludes halogenated alkanes) is 1. The highest BCUT2D eigenvalue weighted by Gasteiger charge is 2.46. The maximum Gasteiger partial charge on any atom is 0.296 e. The Hall–Kier alpha value is -4.78. The van der Waals surface area contributed by atoms with Crippen molar-refractivity contribution < 1.29 is 28.6 Å². The van der Waals surface area contributed by atoms with Crippen LogP contribution in [0.1, 0.15) is 48.3 Å². The van der Waals surface area contributed by atoms with Crippen molar-refractivity contribution in [1.82, 2.24) is 4.90 Å². The number of furan rings is 1. The van der Waals surface area contributed by atoms with Gasteiger partial charge in [-0.15, -0.1) is 0 Å². The summed E-state index contributed by atoms with van der Waals surface area (Å²) in [6.45, 7) is 3.11. The van der Waals surface area contributed by atoms with E-state index in [4.69, 9.17) is 13.9 Å². The van der Waals surface area contributed by atoms with Crippen molar-refractivity contribution in [3.05, 3.63) is 125 Å². The van der Waals surface area contributed by atoms with Crippen molar-refractivity contribution in [2.24, 2.45) is 0 Å². The van der Waals surface area contributed by atoms with Crippen LogP contribution in [-0.2, 0) is 22.7 Å². The number of hydrogen-bond donors (Lipinski definition) is 1. The second-order valence-corrected chi connectivity index (χ2v) is 9.58. The average Bonchev–Trinajstić information content (AvgIpc) is 3.59. The van der Waals surface area contributed by atoms with E-state index in [0.717, 1.165) is 18.4 Å². The molecule has 1 N–H and O–H groups in total. The van der Waals surface area contributed by atoms with E-state index < -0.39 is 17.7 Å². The molecule has 40 heavy (non-hydrogen) atoms. The van der Waals surface area contributed by atoms with Crippen LogP contribution in [-0.4, -0.2) is 28.3 Å². The number of likely N-dealkylation sites (tertiary alicyclic amines) is 1. The first-order valence-electron chi connectivity index (χ1n) is 13.4. The summed E-state index contributed by atoms with van der Waals surface area (Å²) in [5.74, 6) is 0.0430. The molecular formula is C33H31NO6. The number of carbonyl (C=O) groups is 2. The van der Waals surface area contributed by atoms with E-state index in [0.29, 0.717) is 41.6 Å². The zero-order valence-electron chi connectivity index (χ0n) is 22.3. The van der Waals surface area contributed by atoms with E-state index in [-0.39, 0.29) is 17.9 Å². The van der Waals surface area contributed by atoms with Gasteiger partial charge in [-0.1, -0.05) is 67.9 Å². The van der Waals surface area contributed by atoms with E-state index in [1.54, 1.807) is 48.5 Å². The number of nitrogens with zero attached hydrogens (tertiary/aromatic N) is 1. The fourth-order valence-corrected chi connectivity index (χ4v) is 4.67. The quantitative estimate of drug-likeness (QED) is 0.0996. The molecule has 7 heteroatoms. The van der Waals surface area contributed by atoms with E-state index in [2.05, 4.69) is 6.92 Å². The predicted molar refractivity (Wildman–Crippen MR) is 151 cm³/mol. The van der Waals surface area contributed by atoms with Gasteiger partial charge in [-0.25, -0.2) is 0 Å². The molecule has 5 rings (SSSR count). The lowest BCUT2D eigenvalue weighted by Crippen LogP contribution is -2.29. The number of benzene rings is 3. The van der Waals surface area contributed by atoms with Crippen LogP contribution in [0.2, 0.25) is 0 Å². The number of amides is 1. The second kappa shape index (κ2) is 12.4. The topological polar surface area (TPSA) is 89.2 Å². The van der Waals surface area contributed by atoms with E-state index in [1.165, 1.54) is 11.2 Å². The summed E-state index contributed by atoms with van der Waals surface area (Å²) >= 11 is 0. The molecule has 1 unspecified atom stereocenters. The van der Waals surface area contributed by atoms with Gasteiger partial charge in [-0.05, 0) is 53.9 Å². The molecule has 0 saturated carbocycles. The summed E-state index contributed by atoms with van der Waals surface area (Å²) in [7, 11) is 0. The molecule has 204 valence electrons. The molecule has 0 spiro atoms. The summed E-state index contributed by atoms with van der Waals surface area (Å²) in [5, 5.41) is 11.4. The summed E-state index contributed by atoms with van der Waals surface area (Å²) < 4.78 is 17.2. The van der Waals surface area contributed by atoms with Crippen LogP contribution in [0, 0.1) is 0 Å². The van der Waals surface area contributed by atoms with Crippen molar-refractivity contribution in [3.63, 3.8) is 0 Å². The Morgan fingerprint density at radius 3 is 2.42 bits per heavy atom. The molecule has 1 fully saturated rings. The Morgan fingerprint density at radius 2 is 1.70 bits per heavy atom. The number of carbonyl (C=O) groups excluding carboxylic acids is 2. The largest absolute Gasteiger partial charge is 0.507 e. The number of rotatable bonds is 11. The lowest BCUT2D eigenvalue weighted by molar-refractivity contribution is -0.140. The first-order chi connectivity index (χ1) is 19.5. The first kappa shape index (κ1) is 26.8. The van der Waals surface area contributed by atoms with E-state index in [1.807, 2.05) is 42.5 Å². The maximum absolute atomic E-state index is 13.4.